The zero-order valence-corrected chi connectivity index (χ0v) is 19.5. The van der Waals surface area contributed by atoms with Crippen LogP contribution >= 0.6 is 11.6 Å². The number of benzene rings is 2. The number of halogens is 1. The van der Waals surface area contributed by atoms with Crippen LogP contribution in [0.1, 0.15) is 35.7 Å². The zero-order chi connectivity index (χ0) is 22.2. The second-order valence-electron chi connectivity index (χ2n) is 8.39. The third kappa shape index (κ3) is 4.45. The summed E-state index contributed by atoms with van der Waals surface area (Å²) in [5, 5.41) is 0.277. The number of hydrogen-bond donors (Lipinski definition) is 0. The van der Waals surface area contributed by atoms with Crippen molar-refractivity contribution in [1.29, 1.82) is 0 Å². The largest absolute Gasteiger partial charge is 0.365 e. The molecule has 0 radical (unpaired) electrons. The molecule has 2 fully saturated rings. The normalized spacial score (nSPS) is 20.3. The predicted molar refractivity (Wildman–Crippen MR) is 123 cm³/mol. The summed E-state index contributed by atoms with van der Waals surface area (Å²) in [6.07, 6.45) is 1.73. The summed E-state index contributed by atoms with van der Waals surface area (Å²) in [5.41, 5.74) is 2.60. The fourth-order valence-corrected chi connectivity index (χ4v) is 6.15. The highest BCUT2D eigenvalue weighted by molar-refractivity contribution is 7.89. The van der Waals surface area contributed by atoms with Gasteiger partial charge in [-0.15, -0.1) is 0 Å². The van der Waals surface area contributed by atoms with Crippen LogP contribution in [0.3, 0.4) is 0 Å². The Bertz CT molecular complexity index is 1080. The number of amides is 1. The Morgan fingerprint density at radius 2 is 1.77 bits per heavy atom. The van der Waals surface area contributed by atoms with Crippen LogP contribution in [0.4, 0.5) is 5.69 Å². The molecule has 166 valence electrons. The van der Waals surface area contributed by atoms with Crippen molar-refractivity contribution in [2.24, 2.45) is 0 Å². The van der Waals surface area contributed by atoms with Crippen LogP contribution in [0.25, 0.3) is 0 Å². The highest BCUT2D eigenvalue weighted by Gasteiger charge is 2.31. The van der Waals surface area contributed by atoms with Crippen LogP contribution in [0.5, 0.6) is 0 Å². The lowest BCUT2D eigenvalue weighted by Gasteiger charge is -2.41. The first kappa shape index (κ1) is 22.1. The van der Waals surface area contributed by atoms with E-state index in [1.807, 2.05) is 6.07 Å². The molecule has 2 saturated heterocycles. The van der Waals surface area contributed by atoms with Crippen LogP contribution < -0.4 is 4.90 Å². The van der Waals surface area contributed by atoms with Crippen molar-refractivity contribution in [3.63, 3.8) is 0 Å². The predicted octanol–water partition coefficient (Wildman–Crippen LogP) is 3.78. The molecular formula is C23H28ClN3O3S. The van der Waals surface area contributed by atoms with E-state index in [4.69, 9.17) is 11.6 Å². The molecule has 2 aliphatic heterocycles. The Labute approximate surface area is 189 Å². The molecule has 2 heterocycles. The summed E-state index contributed by atoms with van der Waals surface area (Å²) < 4.78 is 27.3. The summed E-state index contributed by atoms with van der Waals surface area (Å²) >= 11 is 6.33. The van der Waals surface area contributed by atoms with Crippen LogP contribution in [-0.2, 0) is 10.0 Å². The topological polar surface area (TPSA) is 60.9 Å². The van der Waals surface area contributed by atoms with Crippen molar-refractivity contribution < 1.29 is 13.2 Å². The summed E-state index contributed by atoms with van der Waals surface area (Å²) in [6, 6.07) is 12.9. The molecule has 0 bridgehead atoms. The highest BCUT2D eigenvalue weighted by Crippen LogP contribution is 2.28. The Morgan fingerprint density at radius 3 is 2.45 bits per heavy atom. The number of rotatable bonds is 4. The third-order valence-corrected chi connectivity index (χ3v) is 8.34. The Balaban J connectivity index is 1.53. The van der Waals surface area contributed by atoms with E-state index in [9.17, 15) is 13.2 Å². The van der Waals surface area contributed by atoms with E-state index in [-0.39, 0.29) is 27.4 Å². The van der Waals surface area contributed by atoms with E-state index in [0.717, 1.165) is 18.5 Å². The Hall–Kier alpha value is -2.09. The maximum atomic E-state index is 13.3. The Kier molecular flexibility index (Phi) is 6.28. The van der Waals surface area contributed by atoms with E-state index in [0.29, 0.717) is 32.7 Å². The standard InChI is InChI=1S/C23H28ClN3O3S/c1-17-6-5-7-19(14-17)27-13-12-25(16-18(27)2)23(28)21-15-20(8-9-22(21)24)31(29,30)26-10-3-4-11-26/h5-9,14-15,18H,3-4,10-13,16H2,1-2H3/t18-/m1/s1. The minimum atomic E-state index is -3.61. The lowest BCUT2D eigenvalue weighted by Crippen LogP contribution is -2.53. The summed E-state index contributed by atoms with van der Waals surface area (Å²) in [7, 11) is -3.61. The van der Waals surface area contributed by atoms with Crippen molar-refractivity contribution in [1.82, 2.24) is 9.21 Å². The smallest absolute Gasteiger partial charge is 0.255 e. The van der Waals surface area contributed by atoms with Gasteiger partial charge in [-0.05, 0) is 62.6 Å². The van der Waals surface area contributed by atoms with Crippen LogP contribution in [0, 0.1) is 6.92 Å². The molecule has 31 heavy (non-hydrogen) atoms. The summed E-state index contributed by atoms with van der Waals surface area (Å²) in [5.74, 6) is -0.223. The van der Waals surface area contributed by atoms with Gasteiger partial charge in [-0.3, -0.25) is 4.79 Å². The van der Waals surface area contributed by atoms with Gasteiger partial charge in [0.05, 0.1) is 15.5 Å². The maximum Gasteiger partial charge on any atom is 0.255 e. The quantitative estimate of drug-likeness (QED) is 0.695. The van der Waals surface area contributed by atoms with E-state index < -0.39 is 10.0 Å². The molecule has 1 atom stereocenters. The third-order valence-electron chi connectivity index (χ3n) is 6.12. The fourth-order valence-electron chi connectivity index (χ4n) is 4.41. The van der Waals surface area contributed by atoms with Crippen molar-refractivity contribution in [2.75, 3.05) is 37.6 Å². The van der Waals surface area contributed by atoms with E-state index in [1.165, 1.54) is 28.1 Å². The van der Waals surface area contributed by atoms with E-state index in [2.05, 4.69) is 36.9 Å². The van der Waals surface area contributed by atoms with Crippen LogP contribution in [-0.4, -0.2) is 62.3 Å². The molecular weight excluding hydrogens is 434 g/mol. The molecule has 0 aliphatic carbocycles. The average molecular weight is 462 g/mol. The lowest BCUT2D eigenvalue weighted by atomic mass is 10.1. The number of sulfonamides is 1. The second-order valence-corrected chi connectivity index (χ2v) is 10.7. The minimum Gasteiger partial charge on any atom is -0.365 e. The van der Waals surface area contributed by atoms with Gasteiger partial charge < -0.3 is 9.80 Å². The van der Waals surface area contributed by atoms with Gasteiger partial charge in [0.15, 0.2) is 0 Å². The molecule has 6 nitrogen and oxygen atoms in total. The maximum absolute atomic E-state index is 13.3. The van der Waals surface area contributed by atoms with Gasteiger partial charge >= 0.3 is 0 Å². The van der Waals surface area contributed by atoms with Crippen molar-refractivity contribution in [2.45, 2.75) is 37.6 Å². The molecule has 2 aliphatic rings. The van der Waals surface area contributed by atoms with Gasteiger partial charge in [-0.2, -0.15) is 4.31 Å². The Morgan fingerprint density at radius 1 is 1.03 bits per heavy atom. The highest BCUT2D eigenvalue weighted by atomic mass is 35.5. The number of nitrogens with zero attached hydrogens (tertiary/aromatic N) is 3. The van der Waals surface area contributed by atoms with Gasteiger partial charge in [0.25, 0.3) is 5.91 Å². The summed E-state index contributed by atoms with van der Waals surface area (Å²) in [4.78, 5) is 17.5. The molecule has 4 rings (SSSR count). The first-order chi connectivity index (χ1) is 14.8. The second kappa shape index (κ2) is 8.81. The molecule has 2 aromatic rings. The lowest BCUT2D eigenvalue weighted by molar-refractivity contribution is 0.0726. The molecule has 8 heteroatoms. The van der Waals surface area contributed by atoms with Gasteiger partial charge in [0.1, 0.15) is 0 Å². The first-order valence-electron chi connectivity index (χ1n) is 10.7. The minimum absolute atomic E-state index is 0.133. The number of piperazine rings is 1. The summed E-state index contributed by atoms with van der Waals surface area (Å²) in [6.45, 7) is 7.01. The number of hydrogen-bond acceptors (Lipinski definition) is 4. The first-order valence-corrected chi connectivity index (χ1v) is 12.5. The molecule has 0 aromatic heterocycles. The molecule has 0 N–H and O–H groups in total. The SMILES string of the molecule is Cc1cccc(N2CCN(C(=O)c3cc(S(=O)(=O)N4CCCC4)ccc3Cl)C[C@H]2C)c1. The molecule has 1 amide bonds. The molecule has 2 aromatic carbocycles. The van der Waals surface area contributed by atoms with Crippen molar-refractivity contribution in [3.05, 3.63) is 58.6 Å². The number of carbonyl (C=O) groups is 1. The van der Waals surface area contributed by atoms with E-state index in [1.54, 1.807) is 4.90 Å². The van der Waals surface area contributed by atoms with E-state index >= 15 is 0 Å². The number of aryl methyl sites for hydroxylation is 1. The van der Waals surface area contributed by atoms with Crippen molar-refractivity contribution >= 4 is 33.2 Å². The van der Waals surface area contributed by atoms with Gasteiger partial charge in [-0.1, -0.05) is 23.7 Å². The van der Waals surface area contributed by atoms with Gasteiger partial charge in [0, 0.05) is 44.5 Å². The molecule has 0 spiro atoms. The van der Waals surface area contributed by atoms with Crippen molar-refractivity contribution in [3.8, 4) is 0 Å². The van der Waals surface area contributed by atoms with Gasteiger partial charge in [-0.25, -0.2) is 8.42 Å². The van der Waals surface area contributed by atoms with Crippen LogP contribution in [0.2, 0.25) is 5.02 Å². The number of anilines is 1. The molecule has 0 saturated carbocycles. The average Bonchev–Trinajstić information content (AvgIpc) is 3.29. The zero-order valence-electron chi connectivity index (χ0n) is 17.9. The van der Waals surface area contributed by atoms with Gasteiger partial charge in [0.2, 0.25) is 10.0 Å². The monoisotopic (exact) mass is 461 g/mol. The van der Waals surface area contributed by atoms with Crippen LogP contribution in [0.15, 0.2) is 47.4 Å². The fraction of sp³-hybridized carbons (Fsp3) is 0.435. The molecule has 0 unspecified atom stereocenters. The number of carbonyl (C=O) groups excluding carboxylic acids is 1.